The Morgan fingerprint density at radius 2 is 2.12 bits per heavy atom. The summed E-state index contributed by atoms with van der Waals surface area (Å²) in [4.78, 5) is 10.1. The Morgan fingerprint density at radius 3 is 2.75 bits per heavy atom. The Balaban J connectivity index is 2.45. The molecule has 4 heteroatoms. The molecule has 0 bridgehead atoms. The van der Waals surface area contributed by atoms with Crippen molar-refractivity contribution in [1.29, 1.82) is 0 Å². The fourth-order valence-electron chi connectivity index (χ4n) is 1.56. The fourth-order valence-corrected chi connectivity index (χ4v) is 2.44. The summed E-state index contributed by atoms with van der Waals surface area (Å²) in [5.41, 5.74) is 3.27. The van der Waals surface area contributed by atoms with E-state index in [0.717, 1.165) is 17.9 Å². The van der Waals surface area contributed by atoms with Crippen LogP contribution >= 0.6 is 11.3 Å². The third-order valence-electron chi connectivity index (χ3n) is 2.28. The molecule has 1 N–H and O–H groups in total. The van der Waals surface area contributed by atoms with E-state index >= 15 is 0 Å². The summed E-state index contributed by atoms with van der Waals surface area (Å²) in [5.74, 6) is 0.713. The average molecular weight is 233 g/mol. The number of aryl methyl sites for hydroxylation is 2. The van der Waals surface area contributed by atoms with Gasteiger partial charge in [-0.15, -0.1) is 11.3 Å². The minimum absolute atomic E-state index is 0.713. The van der Waals surface area contributed by atoms with E-state index in [1.54, 1.807) is 11.3 Å². The maximum absolute atomic E-state index is 4.51. The van der Waals surface area contributed by atoms with Crippen LogP contribution in [0, 0.1) is 13.8 Å². The van der Waals surface area contributed by atoms with Crippen LogP contribution in [0.2, 0.25) is 0 Å². The second kappa shape index (κ2) is 4.61. The van der Waals surface area contributed by atoms with Gasteiger partial charge in [0.15, 0.2) is 0 Å². The average Bonchev–Trinajstić information content (AvgIpc) is 2.64. The highest BCUT2D eigenvalue weighted by Gasteiger charge is 2.07. The van der Waals surface area contributed by atoms with Crippen LogP contribution in [0.3, 0.4) is 0 Å². The summed E-state index contributed by atoms with van der Waals surface area (Å²) in [6.45, 7) is 6.99. The zero-order valence-electron chi connectivity index (χ0n) is 9.74. The summed E-state index contributed by atoms with van der Waals surface area (Å²) >= 11 is 1.72. The van der Waals surface area contributed by atoms with E-state index < -0.39 is 0 Å². The van der Waals surface area contributed by atoms with Crippen molar-refractivity contribution in [3.05, 3.63) is 28.8 Å². The molecule has 84 valence electrons. The van der Waals surface area contributed by atoms with Gasteiger partial charge in [-0.1, -0.05) is 0 Å². The number of thiophene rings is 1. The summed E-state index contributed by atoms with van der Waals surface area (Å²) in [6.07, 6.45) is 0. The van der Waals surface area contributed by atoms with Gasteiger partial charge in [-0.05, 0) is 43.8 Å². The van der Waals surface area contributed by atoms with Crippen LogP contribution in [-0.2, 0) is 0 Å². The number of anilines is 1. The van der Waals surface area contributed by atoms with Crippen molar-refractivity contribution in [3.8, 4) is 10.6 Å². The molecule has 2 heterocycles. The van der Waals surface area contributed by atoms with Crippen LogP contribution in [0.15, 0.2) is 17.5 Å². The first kappa shape index (κ1) is 11.1. The van der Waals surface area contributed by atoms with Gasteiger partial charge in [0.05, 0.1) is 10.6 Å². The summed E-state index contributed by atoms with van der Waals surface area (Å²) < 4.78 is 0. The second-order valence-electron chi connectivity index (χ2n) is 3.68. The lowest BCUT2D eigenvalue weighted by Gasteiger charge is -2.06. The molecule has 0 spiro atoms. The maximum atomic E-state index is 4.51. The van der Waals surface area contributed by atoms with Crippen molar-refractivity contribution in [2.45, 2.75) is 20.8 Å². The van der Waals surface area contributed by atoms with E-state index in [0.29, 0.717) is 5.95 Å². The molecule has 0 fully saturated rings. The summed E-state index contributed by atoms with van der Waals surface area (Å²) in [6, 6.07) is 4.14. The third-order valence-corrected chi connectivity index (χ3v) is 3.32. The lowest BCUT2D eigenvalue weighted by molar-refractivity contribution is 1.06. The molecule has 0 aromatic carbocycles. The number of nitrogens with one attached hydrogen (secondary N) is 1. The first-order valence-electron chi connectivity index (χ1n) is 5.34. The van der Waals surface area contributed by atoms with Crippen molar-refractivity contribution >= 4 is 17.3 Å². The van der Waals surface area contributed by atoms with Crippen molar-refractivity contribution in [2.24, 2.45) is 0 Å². The predicted octanol–water partition coefficient (Wildman–Crippen LogP) is 3.25. The summed E-state index contributed by atoms with van der Waals surface area (Å²) in [7, 11) is 0. The van der Waals surface area contributed by atoms with Gasteiger partial charge >= 0.3 is 0 Å². The highest BCUT2D eigenvalue weighted by atomic mass is 32.1. The monoisotopic (exact) mass is 233 g/mol. The SMILES string of the molecule is CCNc1nc(C)cc(-c2sccc2C)n1. The molecule has 0 amide bonds. The minimum atomic E-state index is 0.713. The van der Waals surface area contributed by atoms with Gasteiger partial charge in [0.25, 0.3) is 0 Å². The van der Waals surface area contributed by atoms with Crippen molar-refractivity contribution in [3.63, 3.8) is 0 Å². The van der Waals surface area contributed by atoms with Crippen LogP contribution in [0.1, 0.15) is 18.2 Å². The van der Waals surface area contributed by atoms with E-state index in [1.807, 2.05) is 19.9 Å². The lowest BCUT2D eigenvalue weighted by Crippen LogP contribution is -2.03. The van der Waals surface area contributed by atoms with Gasteiger partial charge in [0, 0.05) is 12.2 Å². The number of hydrogen-bond donors (Lipinski definition) is 1. The first-order chi connectivity index (χ1) is 7.70. The van der Waals surface area contributed by atoms with Gasteiger partial charge in [-0.3, -0.25) is 0 Å². The van der Waals surface area contributed by atoms with E-state index in [9.17, 15) is 0 Å². The largest absolute Gasteiger partial charge is 0.354 e. The minimum Gasteiger partial charge on any atom is -0.354 e. The molecule has 2 rings (SSSR count). The molecule has 0 saturated heterocycles. The first-order valence-corrected chi connectivity index (χ1v) is 6.22. The quantitative estimate of drug-likeness (QED) is 0.884. The van der Waals surface area contributed by atoms with Crippen LogP contribution < -0.4 is 5.32 Å². The lowest BCUT2D eigenvalue weighted by atomic mass is 10.2. The molecule has 2 aromatic heterocycles. The molecule has 0 radical (unpaired) electrons. The van der Waals surface area contributed by atoms with Gasteiger partial charge in [0.1, 0.15) is 0 Å². The molecule has 3 nitrogen and oxygen atoms in total. The van der Waals surface area contributed by atoms with Gasteiger partial charge in [-0.25, -0.2) is 9.97 Å². The van der Waals surface area contributed by atoms with E-state index in [2.05, 4.69) is 33.7 Å². The molecular formula is C12H15N3S. The van der Waals surface area contributed by atoms with Crippen LogP contribution in [0.25, 0.3) is 10.6 Å². The van der Waals surface area contributed by atoms with Crippen LogP contribution in [0.4, 0.5) is 5.95 Å². The number of aromatic nitrogens is 2. The fraction of sp³-hybridized carbons (Fsp3) is 0.333. The van der Waals surface area contributed by atoms with Gasteiger partial charge < -0.3 is 5.32 Å². The zero-order chi connectivity index (χ0) is 11.5. The number of hydrogen-bond acceptors (Lipinski definition) is 4. The second-order valence-corrected chi connectivity index (χ2v) is 4.60. The summed E-state index contributed by atoms with van der Waals surface area (Å²) in [5, 5.41) is 5.24. The third kappa shape index (κ3) is 2.22. The normalized spacial score (nSPS) is 10.4. The van der Waals surface area contributed by atoms with Crippen molar-refractivity contribution in [1.82, 2.24) is 9.97 Å². The molecule has 2 aromatic rings. The van der Waals surface area contributed by atoms with Crippen LogP contribution in [-0.4, -0.2) is 16.5 Å². The zero-order valence-corrected chi connectivity index (χ0v) is 10.6. The Bertz CT molecular complexity index is 491. The topological polar surface area (TPSA) is 37.8 Å². The van der Waals surface area contributed by atoms with E-state index in [-0.39, 0.29) is 0 Å². The van der Waals surface area contributed by atoms with Gasteiger partial charge in [-0.2, -0.15) is 0 Å². The molecule has 0 aliphatic carbocycles. The molecule has 0 atom stereocenters. The standard InChI is InChI=1S/C12H15N3S/c1-4-13-12-14-9(3)7-10(15-12)11-8(2)5-6-16-11/h5-7H,4H2,1-3H3,(H,13,14,15). The molecular weight excluding hydrogens is 218 g/mol. The molecule has 0 aliphatic rings. The van der Waals surface area contributed by atoms with Crippen molar-refractivity contribution < 1.29 is 0 Å². The molecule has 0 saturated carbocycles. The van der Waals surface area contributed by atoms with Crippen LogP contribution in [0.5, 0.6) is 0 Å². The Morgan fingerprint density at radius 1 is 1.31 bits per heavy atom. The van der Waals surface area contributed by atoms with E-state index in [1.165, 1.54) is 10.4 Å². The smallest absolute Gasteiger partial charge is 0.223 e. The molecule has 16 heavy (non-hydrogen) atoms. The number of rotatable bonds is 3. The Labute approximate surface area is 99.6 Å². The maximum Gasteiger partial charge on any atom is 0.223 e. The Hall–Kier alpha value is -1.42. The van der Waals surface area contributed by atoms with Gasteiger partial charge in [0.2, 0.25) is 5.95 Å². The predicted molar refractivity (Wildman–Crippen MR) is 69.0 cm³/mol. The highest BCUT2D eigenvalue weighted by molar-refractivity contribution is 7.13. The molecule has 0 aliphatic heterocycles. The highest BCUT2D eigenvalue weighted by Crippen LogP contribution is 2.28. The van der Waals surface area contributed by atoms with E-state index in [4.69, 9.17) is 0 Å². The van der Waals surface area contributed by atoms with Crippen molar-refractivity contribution in [2.75, 3.05) is 11.9 Å². The number of nitrogens with zero attached hydrogens (tertiary/aromatic N) is 2. The molecule has 0 unspecified atom stereocenters. The Kier molecular flexibility index (Phi) is 3.19.